The molecule has 0 amide bonds. The van der Waals surface area contributed by atoms with Crippen LogP contribution in [0.3, 0.4) is 0 Å². The molecule has 1 aliphatic carbocycles. The molecule has 0 aromatic heterocycles. The first-order valence-corrected chi connectivity index (χ1v) is 8.19. The molecule has 1 fully saturated rings. The van der Waals surface area contributed by atoms with E-state index in [1.165, 1.54) is 24.8 Å². The van der Waals surface area contributed by atoms with E-state index < -0.39 is 0 Å². The molecule has 20 heavy (non-hydrogen) atoms. The molecule has 0 aliphatic heterocycles. The van der Waals surface area contributed by atoms with Gasteiger partial charge >= 0.3 is 0 Å². The van der Waals surface area contributed by atoms with E-state index in [9.17, 15) is 0 Å². The van der Waals surface area contributed by atoms with Crippen LogP contribution in [-0.2, 0) is 0 Å². The molecule has 0 radical (unpaired) electrons. The summed E-state index contributed by atoms with van der Waals surface area (Å²) in [7, 11) is 2.31. The van der Waals surface area contributed by atoms with Crippen molar-refractivity contribution in [2.45, 2.75) is 58.2 Å². The monoisotopic (exact) mass is 274 g/mol. The molecular formula is C18H30N2. The molecule has 2 heteroatoms. The Balaban J connectivity index is 2.16. The highest BCUT2D eigenvalue weighted by Gasteiger charge is 2.35. The Morgan fingerprint density at radius 1 is 1.20 bits per heavy atom. The van der Waals surface area contributed by atoms with Gasteiger partial charge < -0.3 is 5.32 Å². The molecule has 0 saturated heterocycles. The summed E-state index contributed by atoms with van der Waals surface area (Å²) in [6.07, 6.45) is 4.01. The Morgan fingerprint density at radius 2 is 1.85 bits per heavy atom. The smallest absolute Gasteiger partial charge is 0.0477 e. The molecule has 2 nitrogen and oxygen atoms in total. The molecule has 0 bridgehead atoms. The average Bonchev–Trinajstić information content (AvgIpc) is 3.31. The lowest BCUT2D eigenvalue weighted by molar-refractivity contribution is 0.129. The van der Waals surface area contributed by atoms with E-state index in [0.29, 0.717) is 18.1 Å². The third-order valence-corrected chi connectivity index (χ3v) is 4.86. The van der Waals surface area contributed by atoms with Crippen molar-refractivity contribution in [3.63, 3.8) is 0 Å². The van der Waals surface area contributed by atoms with Crippen LogP contribution in [0.15, 0.2) is 30.3 Å². The molecule has 112 valence electrons. The summed E-state index contributed by atoms with van der Waals surface area (Å²) in [6, 6.07) is 12.6. The predicted octanol–water partition coefficient (Wildman–Crippen LogP) is 3.85. The van der Waals surface area contributed by atoms with Gasteiger partial charge in [-0.25, -0.2) is 0 Å². The molecule has 1 saturated carbocycles. The topological polar surface area (TPSA) is 15.3 Å². The van der Waals surface area contributed by atoms with Crippen LogP contribution < -0.4 is 5.32 Å². The van der Waals surface area contributed by atoms with Gasteiger partial charge in [0.15, 0.2) is 0 Å². The van der Waals surface area contributed by atoms with E-state index in [1.807, 2.05) is 0 Å². The minimum absolute atomic E-state index is 0.428. The molecule has 0 heterocycles. The molecule has 1 aromatic rings. The van der Waals surface area contributed by atoms with Gasteiger partial charge in [0.1, 0.15) is 0 Å². The van der Waals surface area contributed by atoms with Gasteiger partial charge in [0.05, 0.1) is 0 Å². The summed E-state index contributed by atoms with van der Waals surface area (Å²) in [5.74, 6) is 0.923. The Hall–Kier alpha value is -0.860. The first-order chi connectivity index (χ1) is 9.69. The highest BCUT2D eigenvalue weighted by Crippen LogP contribution is 2.37. The van der Waals surface area contributed by atoms with Crippen molar-refractivity contribution in [1.82, 2.24) is 10.2 Å². The SMILES string of the molecule is CCNC(c1ccccc1)C(CC)N(C)C(C)C1CC1. The first kappa shape index (κ1) is 15.5. The largest absolute Gasteiger partial charge is 0.309 e. The van der Waals surface area contributed by atoms with E-state index in [1.54, 1.807) is 0 Å². The fourth-order valence-electron chi connectivity index (χ4n) is 3.33. The quantitative estimate of drug-likeness (QED) is 0.774. The number of nitrogens with one attached hydrogen (secondary N) is 1. The maximum atomic E-state index is 3.70. The summed E-state index contributed by atoms with van der Waals surface area (Å²) in [6.45, 7) is 7.93. The lowest BCUT2D eigenvalue weighted by Gasteiger charge is -2.38. The van der Waals surface area contributed by atoms with Crippen LogP contribution in [0.5, 0.6) is 0 Å². The van der Waals surface area contributed by atoms with Crippen LogP contribution in [0.1, 0.15) is 51.6 Å². The number of rotatable bonds is 8. The minimum Gasteiger partial charge on any atom is -0.309 e. The van der Waals surface area contributed by atoms with E-state index in [-0.39, 0.29) is 0 Å². The number of hydrogen-bond acceptors (Lipinski definition) is 2. The molecule has 0 spiro atoms. The van der Waals surface area contributed by atoms with Crippen molar-refractivity contribution in [3.05, 3.63) is 35.9 Å². The second-order valence-electron chi connectivity index (χ2n) is 6.17. The van der Waals surface area contributed by atoms with E-state index >= 15 is 0 Å². The molecule has 1 aliphatic rings. The number of benzene rings is 1. The van der Waals surface area contributed by atoms with E-state index in [0.717, 1.165) is 12.5 Å². The standard InChI is InChI=1S/C18H30N2/c1-5-17(20(4)14(3)15-12-13-15)18(19-6-2)16-10-8-7-9-11-16/h7-11,14-15,17-19H,5-6,12-13H2,1-4H3. The second kappa shape index (κ2) is 7.24. The summed E-state index contributed by atoms with van der Waals surface area (Å²) in [5, 5.41) is 3.70. The average molecular weight is 274 g/mol. The lowest BCUT2D eigenvalue weighted by Crippen LogP contribution is -2.47. The normalized spacial score (nSPS) is 19.9. The van der Waals surface area contributed by atoms with Gasteiger partial charge in [0.25, 0.3) is 0 Å². The zero-order valence-corrected chi connectivity index (χ0v) is 13.5. The van der Waals surface area contributed by atoms with Crippen molar-refractivity contribution in [1.29, 1.82) is 0 Å². The van der Waals surface area contributed by atoms with Crippen LogP contribution in [0.2, 0.25) is 0 Å². The molecule has 1 aromatic carbocycles. The summed E-state index contributed by atoms with van der Waals surface area (Å²) >= 11 is 0. The third-order valence-electron chi connectivity index (χ3n) is 4.86. The van der Waals surface area contributed by atoms with E-state index in [4.69, 9.17) is 0 Å². The van der Waals surface area contributed by atoms with Crippen LogP contribution in [0.25, 0.3) is 0 Å². The predicted molar refractivity (Wildman–Crippen MR) is 86.9 cm³/mol. The maximum Gasteiger partial charge on any atom is 0.0477 e. The number of likely N-dealkylation sites (N-methyl/N-ethyl adjacent to an activating group) is 2. The van der Waals surface area contributed by atoms with Gasteiger partial charge in [0.2, 0.25) is 0 Å². The Kier molecular flexibility index (Phi) is 5.62. The third kappa shape index (κ3) is 3.62. The number of hydrogen-bond donors (Lipinski definition) is 1. The maximum absolute atomic E-state index is 3.70. The van der Waals surface area contributed by atoms with Gasteiger partial charge in [-0.15, -0.1) is 0 Å². The summed E-state index contributed by atoms with van der Waals surface area (Å²) in [4.78, 5) is 2.61. The van der Waals surface area contributed by atoms with Gasteiger partial charge in [-0.1, -0.05) is 44.2 Å². The van der Waals surface area contributed by atoms with Crippen LogP contribution in [0, 0.1) is 5.92 Å². The highest BCUT2D eigenvalue weighted by molar-refractivity contribution is 5.21. The van der Waals surface area contributed by atoms with Crippen molar-refractivity contribution in [3.8, 4) is 0 Å². The van der Waals surface area contributed by atoms with Gasteiger partial charge in [-0.2, -0.15) is 0 Å². The van der Waals surface area contributed by atoms with Gasteiger partial charge in [-0.05, 0) is 51.3 Å². The minimum atomic E-state index is 0.428. The van der Waals surface area contributed by atoms with Crippen molar-refractivity contribution >= 4 is 0 Å². The van der Waals surface area contributed by atoms with Crippen LogP contribution in [0.4, 0.5) is 0 Å². The van der Waals surface area contributed by atoms with Crippen molar-refractivity contribution in [2.75, 3.05) is 13.6 Å². The zero-order valence-electron chi connectivity index (χ0n) is 13.5. The highest BCUT2D eigenvalue weighted by atomic mass is 15.2. The Morgan fingerprint density at radius 3 is 2.35 bits per heavy atom. The van der Waals surface area contributed by atoms with E-state index in [2.05, 4.69) is 68.4 Å². The number of nitrogens with zero attached hydrogens (tertiary/aromatic N) is 1. The summed E-state index contributed by atoms with van der Waals surface area (Å²) < 4.78 is 0. The first-order valence-electron chi connectivity index (χ1n) is 8.19. The van der Waals surface area contributed by atoms with Crippen molar-refractivity contribution in [2.24, 2.45) is 5.92 Å². The van der Waals surface area contributed by atoms with Gasteiger partial charge in [-0.3, -0.25) is 4.90 Å². The fourth-order valence-corrected chi connectivity index (χ4v) is 3.33. The second-order valence-corrected chi connectivity index (χ2v) is 6.17. The van der Waals surface area contributed by atoms with Crippen molar-refractivity contribution < 1.29 is 0 Å². The zero-order chi connectivity index (χ0) is 14.5. The van der Waals surface area contributed by atoms with Gasteiger partial charge in [0, 0.05) is 18.1 Å². The lowest BCUT2D eigenvalue weighted by atomic mass is 9.94. The molecule has 3 atom stereocenters. The Bertz CT molecular complexity index is 386. The Labute approximate surface area is 124 Å². The van der Waals surface area contributed by atoms with Crippen LogP contribution in [-0.4, -0.2) is 30.6 Å². The molecule has 3 unspecified atom stereocenters. The molecule has 2 rings (SSSR count). The van der Waals surface area contributed by atoms with Crippen LogP contribution >= 0.6 is 0 Å². The summed E-state index contributed by atoms with van der Waals surface area (Å²) in [5.41, 5.74) is 1.41. The molecular weight excluding hydrogens is 244 g/mol. The molecule has 1 N–H and O–H groups in total. The fraction of sp³-hybridized carbons (Fsp3) is 0.667.